The third-order valence-electron chi connectivity index (χ3n) is 4.32. The second kappa shape index (κ2) is 6.29. The highest BCUT2D eigenvalue weighted by molar-refractivity contribution is 7.11. The molecule has 0 spiro atoms. The number of fused-ring (bicyclic) bond motifs is 1. The minimum absolute atomic E-state index is 0.250. The molecule has 0 saturated heterocycles. The van der Waals surface area contributed by atoms with E-state index in [1.165, 1.54) is 51.5 Å². The lowest BCUT2D eigenvalue weighted by atomic mass is 10.0. The third-order valence-corrected chi connectivity index (χ3v) is 5.54. The SMILES string of the molecule is CCCNC(c1ccc(C)c(C)c1)c1nc2c(s1)CCC2. The number of aryl methyl sites for hydroxylation is 4. The molecule has 0 fully saturated rings. The minimum atomic E-state index is 0.250. The molecular weight excluding hydrogens is 276 g/mol. The van der Waals surface area contributed by atoms with Crippen LogP contribution in [0.1, 0.15) is 58.1 Å². The van der Waals surface area contributed by atoms with Crippen molar-refractivity contribution in [3.05, 3.63) is 50.5 Å². The van der Waals surface area contributed by atoms with E-state index in [-0.39, 0.29) is 6.04 Å². The van der Waals surface area contributed by atoms with E-state index in [0.29, 0.717) is 0 Å². The van der Waals surface area contributed by atoms with Gasteiger partial charge in [-0.05, 0) is 62.8 Å². The summed E-state index contributed by atoms with van der Waals surface area (Å²) in [6.45, 7) is 7.61. The van der Waals surface area contributed by atoms with E-state index in [2.05, 4.69) is 44.3 Å². The fraction of sp³-hybridized carbons (Fsp3) is 0.500. The monoisotopic (exact) mass is 300 g/mol. The molecule has 1 N–H and O–H groups in total. The van der Waals surface area contributed by atoms with E-state index in [0.717, 1.165) is 13.0 Å². The molecular formula is C18H24N2S. The van der Waals surface area contributed by atoms with Crippen molar-refractivity contribution in [3.63, 3.8) is 0 Å². The molecule has 1 aromatic carbocycles. The first-order chi connectivity index (χ1) is 10.2. The average Bonchev–Trinajstić information content (AvgIpc) is 3.04. The van der Waals surface area contributed by atoms with Crippen molar-refractivity contribution in [1.82, 2.24) is 10.3 Å². The number of nitrogens with zero attached hydrogens (tertiary/aromatic N) is 1. The summed E-state index contributed by atoms with van der Waals surface area (Å²) in [5, 5.41) is 4.93. The predicted molar refractivity (Wildman–Crippen MR) is 90.2 cm³/mol. The number of nitrogens with one attached hydrogen (secondary N) is 1. The zero-order chi connectivity index (χ0) is 14.8. The first-order valence-corrected chi connectivity index (χ1v) is 8.79. The normalized spacial score (nSPS) is 15.2. The van der Waals surface area contributed by atoms with Crippen LogP contribution in [0.5, 0.6) is 0 Å². The van der Waals surface area contributed by atoms with E-state index < -0.39 is 0 Å². The summed E-state index contributed by atoms with van der Waals surface area (Å²) < 4.78 is 0. The molecule has 0 saturated carbocycles. The van der Waals surface area contributed by atoms with Gasteiger partial charge in [-0.25, -0.2) is 4.98 Å². The summed E-state index contributed by atoms with van der Waals surface area (Å²) in [7, 11) is 0. The molecule has 112 valence electrons. The van der Waals surface area contributed by atoms with Gasteiger partial charge in [-0.2, -0.15) is 0 Å². The van der Waals surface area contributed by atoms with E-state index in [4.69, 9.17) is 4.98 Å². The Morgan fingerprint density at radius 1 is 1.24 bits per heavy atom. The second-order valence-corrected chi connectivity index (χ2v) is 7.12. The van der Waals surface area contributed by atoms with Crippen LogP contribution in [-0.2, 0) is 12.8 Å². The maximum Gasteiger partial charge on any atom is 0.115 e. The molecule has 2 aromatic rings. The summed E-state index contributed by atoms with van der Waals surface area (Å²) in [6, 6.07) is 7.05. The van der Waals surface area contributed by atoms with E-state index in [1.54, 1.807) is 0 Å². The Kier molecular flexibility index (Phi) is 4.41. The van der Waals surface area contributed by atoms with Gasteiger partial charge in [-0.3, -0.25) is 0 Å². The zero-order valence-electron chi connectivity index (χ0n) is 13.2. The average molecular weight is 300 g/mol. The standard InChI is InChI=1S/C18H24N2S/c1-4-10-19-17(14-9-8-12(2)13(3)11-14)18-20-15-6-5-7-16(15)21-18/h8-9,11,17,19H,4-7,10H2,1-3H3. The van der Waals surface area contributed by atoms with Crippen molar-refractivity contribution in [2.24, 2.45) is 0 Å². The van der Waals surface area contributed by atoms with E-state index >= 15 is 0 Å². The highest BCUT2D eigenvalue weighted by Gasteiger charge is 2.23. The Hall–Kier alpha value is -1.19. The summed E-state index contributed by atoms with van der Waals surface area (Å²) in [5.74, 6) is 0. The summed E-state index contributed by atoms with van der Waals surface area (Å²) in [5.41, 5.74) is 5.41. The molecule has 1 aliphatic rings. The quantitative estimate of drug-likeness (QED) is 0.888. The van der Waals surface area contributed by atoms with Gasteiger partial charge in [0.15, 0.2) is 0 Å². The van der Waals surface area contributed by atoms with Crippen LogP contribution in [0.3, 0.4) is 0 Å². The molecule has 1 aromatic heterocycles. The molecule has 1 atom stereocenters. The van der Waals surface area contributed by atoms with Gasteiger partial charge in [0.05, 0.1) is 11.7 Å². The van der Waals surface area contributed by atoms with Crippen molar-refractivity contribution in [3.8, 4) is 0 Å². The molecule has 3 rings (SSSR count). The van der Waals surface area contributed by atoms with Gasteiger partial charge in [-0.1, -0.05) is 25.1 Å². The molecule has 2 nitrogen and oxygen atoms in total. The lowest BCUT2D eigenvalue weighted by molar-refractivity contribution is 0.594. The van der Waals surface area contributed by atoms with Gasteiger partial charge in [0.1, 0.15) is 5.01 Å². The maximum atomic E-state index is 4.93. The molecule has 0 aliphatic heterocycles. The van der Waals surface area contributed by atoms with E-state index in [1.807, 2.05) is 11.3 Å². The van der Waals surface area contributed by atoms with Crippen molar-refractivity contribution in [2.45, 2.75) is 52.5 Å². The van der Waals surface area contributed by atoms with Crippen LogP contribution < -0.4 is 5.32 Å². The molecule has 0 bridgehead atoms. The molecule has 1 aliphatic carbocycles. The van der Waals surface area contributed by atoms with Crippen LogP contribution in [0.15, 0.2) is 18.2 Å². The van der Waals surface area contributed by atoms with Crippen molar-refractivity contribution >= 4 is 11.3 Å². The Labute approximate surface area is 131 Å². The maximum absolute atomic E-state index is 4.93. The second-order valence-electron chi connectivity index (χ2n) is 6.01. The fourth-order valence-corrected chi connectivity index (χ4v) is 4.17. The molecule has 21 heavy (non-hydrogen) atoms. The third kappa shape index (κ3) is 3.04. The van der Waals surface area contributed by atoms with Gasteiger partial charge in [0.25, 0.3) is 0 Å². The largest absolute Gasteiger partial charge is 0.304 e. The Morgan fingerprint density at radius 3 is 2.81 bits per heavy atom. The van der Waals surface area contributed by atoms with Gasteiger partial charge in [-0.15, -0.1) is 11.3 Å². The number of thiazole rings is 1. The molecule has 0 amide bonds. The zero-order valence-corrected chi connectivity index (χ0v) is 14.0. The lowest BCUT2D eigenvalue weighted by Gasteiger charge is -2.18. The van der Waals surface area contributed by atoms with Crippen LogP contribution >= 0.6 is 11.3 Å². The van der Waals surface area contributed by atoms with Crippen molar-refractivity contribution < 1.29 is 0 Å². The number of benzene rings is 1. The summed E-state index contributed by atoms with van der Waals surface area (Å²) >= 11 is 1.91. The first-order valence-electron chi connectivity index (χ1n) is 7.98. The molecule has 1 unspecified atom stereocenters. The van der Waals surface area contributed by atoms with Gasteiger partial charge >= 0.3 is 0 Å². The van der Waals surface area contributed by atoms with Gasteiger partial charge < -0.3 is 5.32 Å². The number of hydrogen-bond acceptors (Lipinski definition) is 3. The van der Waals surface area contributed by atoms with Gasteiger partial charge in [0.2, 0.25) is 0 Å². The van der Waals surface area contributed by atoms with Crippen LogP contribution in [-0.4, -0.2) is 11.5 Å². The van der Waals surface area contributed by atoms with Crippen LogP contribution in [0.4, 0.5) is 0 Å². The first kappa shape index (κ1) is 14.7. The highest BCUT2D eigenvalue weighted by Crippen LogP contribution is 2.33. The Bertz CT molecular complexity index is 609. The number of rotatable bonds is 5. The molecule has 0 radical (unpaired) electrons. The molecule has 3 heteroatoms. The Balaban J connectivity index is 1.94. The summed E-state index contributed by atoms with van der Waals surface area (Å²) in [4.78, 5) is 6.44. The summed E-state index contributed by atoms with van der Waals surface area (Å²) in [6.07, 6.45) is 4.82. The minimum Gasteiger partial charge on any atom is -0.304 e. The number of aromatic nitrogens is 1. The highest BCUT2D eigenvalue weighted by atomic mass is 32.1. The van der Waals surface area contributed by atoms with Crippen LogP contribution in [0.2, 0.25) is 0 Å². The smallest absolute Gasteiger partial charge is 0.115 e. The predicted octanol–water partition coefficient (Wildman–Crippen LogP) is 4.34. The van der Waals surface area contributed by atoms with Crippen LogP contribution in [0, 0.1) is 13.8 Å². The van der Waals surface area contributed by atoms with E-state index in [9.17, 15) is 0 Å². The topological polar surface area (TPSA) is 24.9 Å². The molecule has 1 heterocycles. The van der Waals surface area contributed by atoms with Crippen molar-refractivity contribution in [2.75, 3.05) is 6.54 Å². The lowest BCUT2D eigenvalue weighted by Crippen LogP contribution is -2.23. The Morgan fingerprint density at radius 2 is 2.10 bits per heavy atom. The fourth-order valence-electron chi connectivity index (χ4n) is 2.91. The van der Waals surface area contributed by atoms with Gasteiger partial charge in [0, 0.05) is 4.88 Å². The van der Waals surface area contributed by atoms with Crippen molar-refractivity contribution in [1.29, 1.82) is 0 Å². The number of hydrogen-bond donors (Lipinski definition) is 1. The van der Waals surface area contributed by atoms with Crippen LogP contribution in [0.25, 0.3) is 0 Å².